The number of hydrogen-bond acceptors (Lipinski definition) is 8. The molecule has 1 aliphatic heterocycles. The molecule has 0 saturated heterocycles. The highest BCUT2D eigenvalue weighted by Gasteiger charge is 2.39. The van der Waals surface area contributed by atoms with E-state index in [4.69, 9.17) is 14.1 Å². The summed E-state index contributed by atoms with van der Waals surface area (Å²) < 4.78 is 33.6. The molecule has 3 rings (SSSR count). The molecule has 0 amide bonds. The maximum atomic E-state index is 13.0. The molecule has 190 valence electrons. The summed E-state index contributed by atoms with van der Waals surface area (Å²) in [6, 6.07) is 10.1. The minimum atomic E-state index is -4.20. The molecule has 1 aliphatic rings. The van der Waals surface area contributed by atoms with Crippen LogP contribution >= 0.6 is 11.8 Å². The van der Waals surface area contributed by atoms with Crippen LogP contribution in [0.5, 0.6) is 11.5 Å². The molecule has 35 heavy (non-hydrogen) atoms. The normalized spacial score (nSPS) is 19.0. The highest BCUT2D eigenvalue weighted by molar-refractivity contribution is 8.04. The van der Waals surface area contributed by atoms with Gasteiger partial charge in [-0.3, -0.25) is 0 Å². The number of thioether (sulfide) groups is 1. The van der Waals surface area contributed by atoms with Crippen LogP contribution in [0.3, 0.4) is 0 Å². The monoisotopic (exact) mass is 521 g/mol. The Balaban J connectivity index is 1.87. The number of aliphatic hydroxyl groups is 1. The number of aryl methyl sites for hydroxylation is 2. The lowest BCUT2D eigenvalue weighted by Crippen LogP contribution is -2.37. The van der Waals surface area contributed by atoms with E-state index in [1.165, 1.54) is 0 Å². The van der Waals surface area contributed by atoms with Crippen molar-refractivity contribution in [2.24, 2.45) is 5.14 Å². The molecular formula is C25H31NO7S2. The fraction of sp³-hybridized carbons (Fsp3) is 0.400. The Labute approximate surface area is 210 Å². The molecule has 1 unspecified atom stereocenters. The Bertz CT molecular complexity index is 1260. The number of phenolic OH excluding ortho intramolecular Hbond substituents is 1. The summed E-state index contributed by atoms with van der Waals surface area (Å²) in [4.78, 5) is 13.7. The molecule has 0 aliphatic carbocycles. The third-order valence-electron chi connectivity index (χ3n) is 5.71. The zero-order valence-corrected chi connectivity index (χ0v) is 22.0. The molecule has 0 aromatic heterocycles. The van der Waals surface area contributed by atoms with Gasteiger partial charge in [-0.1, -0.05) is 44.7 Å². The number of aliphatic hydroxyl groups excluding tert-OH is 1. The number of benzene rings is 2. The zero-order chi connectivity index (χ0) is 26.2. The van der Waals surface area contributed by atoms with Crippen molar-refractivity contribution in [2.75, 3.05) is 0 Å². The van der Waals surface area contributed by atoms with Gasteiger partial charge in [0.2, 0.25) is 0 Å². The van der Waals surface area contributed by atoms with Crippen LogP contribution in [0.15, 0.2) is 52.0 Å². The fourth-order valence-corrected chi connectivity index (χ4v) is 5.50. The molecule has 0 saturated carbocycles. The van der Waals surface area contributed by atoms with E-state index in [0.717, 1.165) is 22.9 Å². The largest absolute Gasteiger partial charge is 0.511 e. The maximum absolute atomic E-state index is 13.0. The lowest BCUT2D eigenvalue weighted by Gasteiger charge is -2.34. The number of esters is 1. The number of phenols is 1. The van der Waals surface area contributed by atoms with Crippen LogP contribution in [0.1, 0.15) is 57.2 Å². The van der Waals surface area contributed by atoms with E-state index in [0.29, 0.717) is 23.3 Å². The minimum absolute atomic E-state index is 0.0539. The minimum Gasteiger partial charge on any atom is -0.511 e. The molecule has 0 bridgehead atoms. The quantitative estimate of drug-likeness (QED) is 0.443. The molecule has 0 spiro atoms. The van der Waals surface area contributed by atoms with Gasteiger partial charge < -0.3 is 19.1 Å². The van der Waals surface area contributed by atoms with Crippen LogP contribution in [-0.4, -0.2) is 30.2 Å². The van der Waals surface area contributed by atoms with E-state index < -0.39 is 27.3 Å². The van der Waals surface area contributed by atoms with Gasteiger partial charge in [0.15, 0.2) is 0 Å². The molecule has 0 radical (unpaired) electrons. The van der Waals surface area contributed by atoms with Crippen LogP contribution in [-0.2, 0) is 31.7 Å². The Morgan fingerprint density at radius 1 is 1.17 bits per heavy atom. The summed E-state index contributed by atoms with van der Waals surface area (Å²) in [7, 11) is -4.20. The number of rotatable bonds is 7. The van der Waals surface area contributed by atoms with Gasteiger partial charge in [-0.15, -0.1) is 0 Å². The number of hydrogen-bond donors (Lipinski definition) is 3. The standard InChI is InChI=1S/C25H31NO7S2/c1-15-12-21(18(24(2,3)4)13-20(15)33-35(26,30)31)34-22-19(28)14-25(5,32-23(22)29)11-10-16-6-8-17(27)9-7-16/h6-9,12-13,27-28H,10-11,14H2,1-5H3,(H2,26,30,31). The molecule has 1 heterocycles. The molecule has 2 aromatic carbocycles. The first kappa shape index (κ1) is 26.9. The number of cyclic esters (lactones) is 1. The lowest BCUT2D eigenvalue weighted by molar-refractivity contribution is -0.156. The molecule has 4 N–H and O–H groups in total. The van der Waals surface area contributed by atoms with E-state index in [9.17, 15) is 23.4 Å². The molecule has 1 atom stereocenters. The van der Waals surface area contributed by atoms with Gasteiger partial charge >= 0.3 is 16.3 Å². The van der Waals surface area contributed by atoms with Crippen molar-refractivity contribution in [1.82, 2.24) is 0 Å². The van der Waals surface area contributed by atoms with Gasteiger partial charge in [0.25, 0.3) is 0 Å². The summed E-state index contributed by atoms with van der Waals surface area (Å²) in [5.74, 6) is -0.385. The van der Waals surface area contributed by atoms with Gasteiger partial charge in [-0.2, -0.15) is 13.6 Å². The summed E-state index contributed by atoms with van der Waals surface area (Å²) >= 11 is 1.08. The second-order valence-corrected chi connectivity index (χ2v) is 12.2. The third kappa shape index (κ3) is 6.93. The van der Waals surface area contributed by atoms with Crippen LogP contribution in [0.2, 0.25) is 0 Å². The van der Waals surface area contributed by atoms with Crippen molar-refractivity contribution < 1.29 is 32.3 Å². The Kier molecular flexibility index (Phi) is 7.50. The summed E-state index contributed by atoms with van der Waals surface area (Å²) in [5, 5.41) is 25.3. The highest BCUT2D eigenvalue weighted by Crippen LogP contribution is 2.44. The summed E-state index contributed by atoms with van der Waals surface area (Å²) in [5.41, 5.74) is 0.910. The molecule has 8 nitrogen and oxygen atoms in total. The zero-order valence-electron chi connectivity index (χ0n) is 20.4. The van der Waals surface area contributed by atoms with Gasteiger partial charge in [0, 0.05) is 11.3 Å². The van der Waals surface area contributed by atoms with E-state index in [1.807, 2.05) is 20.8 Å². The van der Waals surface area contributed by atoms with Crippen molar-refractivity contribution >= 4 is 28.0 Å². The second kappa shape index (κ2) is 9.75. The first-order valence-electron chi connectivity index (χ1n) is 11.0. The maximum Gasteiger partial charge on any atom is 0.380 e. The van der Waals surface area contributed by atoms with Crippen LogP contribution < -0.4 is 9.32 Å². The fourth-order valence-electron chi connectivity index (χ4n) is 3.83. The average molecular weight is 522 g/mol. The van der Waals surface area contributed by atoms with E-state index in [-0.39, 0.29) is 28.6 Å². The third-order valence-corrected chi connectivity index (χ3v) is 7.29. The molecule has 10 heteroatoms. The van der Waals surface area contributed by atoms with Crippen molar-refractivity contribution in [2.45, 2.75) is 69.8 Å². The summed E-state index contributed by atoms with van der Waals surface area (Å²) in [6.45, 7) is 9.28. The van der Waals surface area contributed by atoms with Crippen molar-refractivity contribution in [1.29, 1.82) is 0 Å². The predicted molar refractivity (Wildman–Crippen MR) is 135 cm³/mol. The smallest absolute Gasteiger partial charge is 0.380 e. The van der Waals surface area contributed by atoms with Gasteiger partial charge in [0.1, 0.15) is 27.8 Å². The van der Waals surface area contributed by atoms with E-state index in [1.54, 1.807) is 50.2 Å². The number of carbonyl (C=O) groups excluding carboxylic acids is 1. The first-order valence-corrected chi connectivity index (χ1v) is 13.3. The van der Waals surface area contributed by atoms with Gasteiger partial charge in [-0.25, -0.2) is 4.79 Å². The van der Waals surface area contributed by atoms with Crippen LogP contribution in [0, 0.1) is 6.92 Å². The molecule has 0 fully saturated rings. The molecule has 2 aromatic rings. The van der Waals surface area contributed by atoms with Crippen LogP contribution in [0.25, 0.3) is 0 Å². The number of nitrogens with two attached hydrogens (primary N) is 1. The van der Waals surface area contributed by atoms with E-state index in [2.05, 4.69) is 0 Å². The SMILES string of the molecule is Cc1cc(SC2=C(O)CC(C)(CCc3ccc(O)cc3)OC2=O)c(C(C)(C)C)cc1OS(N)(=O)=O. The number of aromatic hydroxyl groups is 1. The first-order chi connectivity index (χ1) is 16.1. The number of carbonyl (C=O) groups is 1. The topological polar surface area (TPSA) is 136 Å². The van der Waals surface area contributed by atoms with Gasteiger partial charge in [-0.05, 0) is 73.1 Å². The predicted octanol–water partition coefficient (Wildman–Crippen LogP) is 4.78. The van der Waals surface area contributed by atoms with E-state index >= 15 is 0 Å². The van der Waals surface area contributed by atoms with Crippen LogP contribution in [0.4, 0.5) is 0 Å². The van der Waals surface area contributed by atoms with Crippen molar-refractivity contribution in [3.05, 3.63) is 63.8 Å². The Morgan fingerprint density at radius 2 is 1.80 bits per heavy atom. The average Bonchev–Trinajstić information content (AvgIpc) is 2.70. The Morgan fingerprint density at radius 3 is 2.34 bits per heavy atom. The highest BCUT2D eigenvalue weighted by atomic mass is 32.2. The second-order valence-electron chi connectivity index (χ2n) is 10.0. The Hall–Kier alpha value is -2.69. The summed E-state index contributed by atoms with van der Waals surface area (Å²) in [6.07, 6.45) is 1.27. The molecular weight excluding hydrogens is 490 g/mol. The van der Waals surface area contributed by atoms with Crippen molar-refractivity contribution in [3.8, 4) is 11.5 Å². The number of ether oxygens (including phenoxy) is 1. The lowest BCUT2D eigenvalue weighted by atomic mass is 9.86. The van der Waals surface area contributed by atoms with Crippen molar-refractivity contribution in [3.63, 3.8) is 0 Å². The van der Waals surface area contributed by atoms with Gasteiger partial charge in [0.05, 0.1) is 0 Å².